The predicted molar refractivity (Wildman–Crippen MR) is 81.7 cm³/mol. The van der Waals surface area contributed by atoms with E-state index in [4.69, 9.17) is 0 Å². The Bertz CT molecular complexity index is 877. The lowest BCUT2D eigenvalue weighted by Gasteiger charge is -2.06. The van der Waals surface area contributed by atoms with Crippen molar-refractivity contribution in [2.24, 2.45) is 0 Å². The molecule has 0 saturated heterocycles. The molecule has 108 valence electrons. The van der Waals surface area contributed by atoms with Crippen molar-refractivity contribution in [3.63, 3.8) is 0 Å². The van der Waals surface area contributed by atoms with Gasteiger partial charge in [0.25, 0.3) is 5.91 Å². The van der Waals surface area contributed by atoms with E-state index < -0.39 is 0 Å². The van der Waals surface area contributed by atoms with Gasteiger partial charge in [0, 0.05) is 29.8 Å². The SMILES string of the molecule is CC(=O)c1cccc(NC(=O)c2cnc3nccnc3c2)c1. The Balaban J connectivity index is 1.86. The molecule has 0 bridgehead atoms. The molecule has 2 heterocycles. The molecule has 6 nitrogen and oxygen atoms in total. The fourth-order valence-corrected chi connectivity index (χ4v) is 2.00. The Kier molecular flexibility index (Phi) is 3.57. The van der Waals surface area contributed by atoms with Crippen LogP contribution in [0.4, 0.5) is 5.69 Å². The highest BCUT2D eigenvalue weighted by molar-refractivity contribution is 6.06. The van der Waals surface area contributed by atoms with Crippen molar-refractivity contribution in [3.05, 3.63) is 60.0 Å². The Morgan fingerprint density at radius 3 is 2.64 bits per heavy atom. The van der Waals surface area contributed by atoms with Crippen molar-refractivity contribution >= 4 is 28.5 Å². The molecular weight excluding hydrogens is 280 g/mol. The number of hydrogen-bond acceptors (Lipinski definition) is 5. The number of nitrogens with zero attached hydrogens (tertiary/aromatic N) is 3. The molecule has 0 spiro atoms. The molecule has 0 aliphatic heterocycles. The zero-order valence-electron chi connectivity index (χ0n) is 11.8. The summed E-state index contributed by atoms with van der Waals surface area (Å²) >= 11 is 0. The average Bonchev–Trinajstić information content (AvgIpc) is 2.54. The summed E-state index contributed by atoms with van der Waals surface area (Å²) in [6, 6.07) is 8.40. The number of benzene rings is 1. The van der Waals surface area contributed by atoms with Gasteiger partial charge in [-0.2, -0.15) is 0 Å². The maximum atomic E-state index is 12.3. The number of Topliss-reactive ketones (excluding diaryl/α,β-unsaturated/α-hetero) is 1. The third-order valence-electron chi connectivity index (χ3n) is 3.11. The van der Waals surface area contributed by atoms with Crippen LogP contribution in [0.1, 0.15) is 27.6 Å². The van der Waals surface area contributed by atoms with E-state index >= 15 is 0 Å². The van der Waals surface area contributed by atoms with Gasteiger partial charge in [0.1, 0.15) is 5.52 Å². The van der Waals surface area contributed by atoms with Crippen molar-refractivity contribution in [2.45, 2.75) is 6.92 Å². The van der Waals surface area contributed by atoms with Crippen LogP contribution < -0.4 is 5.32 Å². The lowest BCUT2D eigenvalue weighted by atomic mass is 10.1. The van der Waals surface area contributed by atoms with Gasteiger partial charge in [0.15, 0.2) is 11.4 Å². The van der Waals surface area contributed by atoms with Crippen LogP contribution in [0.3, 0.4) is 0 Å². The van der Waals surface area contributed by atoms with Crippen LogP contribution in [-0.4, -0.2) is 26.6 Å². The van der Waals surface area contributed by atoms with E-state index in [1.54, 1.807) is 42.7 Å². The first kappa shape index (κ1) is 13.8. The fraction of sp³-hybridized carbons (Fsp3) is 0.0625. The van der Waals surface area contributed by atoms with E-state index in [1.807, 2.05) is 0 Å². The summed E-state index contributed by atoms with van der Waals surface area (Å²) in [6.45, 7) is 1.48. The van der Waals surface area contributed by atoms with Crippen LogP contribution >= 0.6 is 0 Å². The quantitative estimate of drug-likeness (QED) is 0.750. The van der Waals surface area contributed by atoms with E-state index in [0.29, 0.717) is 28.0 Å². The van der Waals surface area contributed by atoms with Crippen molar-refractivity contribution < 1.29 is 9.59 Å². The largest absolute Gasteiger partial charge is 0.322 e. The number of anilines is 1. The minimum Gasteiger partial charge on any atom is -0.322 e. The Morgan fingerprint density at radius 2 is 1.82 bits per heavy atom. The van der Waals surface area contributed by atoms with Crippen molar-refractivity contribution in [3.8, 4) is 0 Å². The minimum absolute atomic E-state index is 0.0567. The molecule has 0 radical (unpaired) electrons. The lowest BCUT2D eigenvalue weighted by Crippen LogP contribution is -2.12. The molecule has 6 heteroatoms. The number of nitrogens with one attached hydrogen (secondary N) is 1. The van der Waals surface area contributed by atoms with Gasteiger partial charge >= 0.3 is 0 Å². The molecule has 0 saturated carbocycles. The molecule has 0 aliphatic carbocycles. The summed E-state index contributed by atoms with van der Waals surface area (Å²) < 4.78 is 0. The van der Waals surface area contributed by atoms with E-state index in [9.17, 15) is 9.59 Å². The van der Waals surface area contributed by atoms with Crippen molar-refractivity contribution in [2.75, 3.05) is 5.32 Å². The smallest absolute Gasteiger partial charge is 0.257 e. The maximum absolute atomic E-state index is 12.3. The molecule has 3 rings (SSSR count). The number of amides is 1. The van der Waals surface area contributed by atoms with Crippen LogP contribution in [0, 0.1) is 0 Å². The lowest BCUT2D eigenvalue weighted by molar-refractivity contribution is 0.101. The van der Waals surface area contributed by atoms with Crippen molar-refractivity contribution in [1.82, 2.24) is 15.0 Å². The second-order valence-electron chi connectivity index (χ2n) is 4.71. The van der Waals surface area contributed by atoms with Gasteiger partial charge in [-0.1, -0.05) is 12.1 Å². The summed E-state index contributed by atoms with van der Waals surface area (Å²) in [6.07, 6.45) is 4.53. The second kappa shape index (κ2) is 5.69. The molecular formula is C16H12N4O2. The Labute approximate surface area is 126 Å². The molecule has 0 fully saturated rings. The number of carbonyl (C=O) groups is 2. The first-order valence-corrected chi connectivity index (χ1v) is 6.62. The van der Waals surface area contributed by atoms with Crippen LogP contribution in [0.15, 0.2) is 48.9 Å². The van der Waals surface area contributed by atoms with E-state index in [-0.39, 0.29) is 11.7 Å². The fourth-order valence-electron chi connectivity index (χ4n) is 2.00. The highest BCUT2D eigenvalue weighted by Crippen LogP contribution is 2.14. The Morgan fingerprint density at radius 1 is 1.00 bits per heavy atom. The minimum atomic E-state index is -0.319. The number of aromatic nitrogens is 3. The first-order chi connectivity index (χ1) is 10.6. The number of hydrogen-bond donors (Lipinski definition) is 1. The summed E-state index contributed by atoms with van der Waals surface area (Å²) in [5.74, 6) is -0.375. The summed E-state index contributed by atoms with van der Waals surface area (Å²) in [5.41, 5.74) is 2.50. The number of fused-ring (bicyclic) bond motifs is 1. The molecule has 0 atom stereocenters. The Hall–Kier alpha value is -3.15. The van der Waals surface area contributed by atoms with Crippen molar-refractivity contribution in [1.29, 1.82) is 0 Å². The number of rotatable bonds is 3. The van der Waals surface area contributed by atoms with E-state index in [2.05, 4.69) is 20.3 Å². The highest BCUT2D eigenvalue weighted by atomic mass is 16.1. The molecule has 22 heavy (non-hydrogen) atoms. The zero-order chi connectivity index (χ0) is 15.5. The van der Waals surface area contributed by atoms with Crippen LogP contribution in [0.2, 0.25) is 0 Å². The van der Waals surface area contributed by atoms with Gasteiger partial charge in [-0.3, -0.25) is 14.6 Å². The topological polar surface area (TPSA) is 84.8 Å². The third-order valence-corrected chi connectivity index (χ3v) is 3.11. The van der Waals surface area contributed by atoms with E-state index in [1.165, 1.54) is 13.1 Å². The second-order valence-corrected chi connectivity index (χ2v) is 4.71. The first-order valence-electron chi connectivity index (χ1n) is 6.62. The standard InChI is InChI=1S/C16H12N4O2/c1-10(21)11-3-2-4-13(7-11)20-16(22)12-8-14-15(19-9-12)18-6-5-17-14/h2-9H,1H3,(H,20,22). The molecule has 1 N–H and O–H groups in total. The number of carbonyl (C=O) groups excluding carboxylic acids is 2. The normalized spacial score (nSPS) is 10.4. The van der Waals surface area contributed by atoms with Crippen LogP contribution in [-0.2, 0) is 0 Å². The maximum Gasteiger partial charge on any atom is 0.257 e. The average molecular weight is 292 g/mol. The number of ketones is 1. The molecule has 0 unspecified atom stereocenters. The van der Waals surface area contributed by atoms with Crippen LogP contribution in [0.5, 0.6) is 0 Å². The van der Waals surface area contributed by atoms with Gasteiger partial charge in [0.2, 0.25) is 0 Å². The molecule has 1 amide bonds. The predicted octanol–water partition coefficient (Wildman–Crippen LogP) is 2.48. The number of pyridine rings is 1. The molecule has 0 aliphatic rings. The molecule has 2 aromatic heterocycles. The third kappa shape index (κ3) is 2.80. The van der Waals surface area contributed by atoms with Crippen LogP contribution in [0.25, 0.3) is 11.2 Å². The summed E-state index contributed by atoms with van der Waals surface area (Å²) in [5, 5.41) is 2.74. The zero-order valence-corrected chi connectivity index (χ0v) is 11.8. The van der Waals surface area contributed by atoms with Gasteiger partial charge in [-0.25, -0.2) is 9.97 Å². The summed E-state index contributed by atoms with van der Waals surface area (Å²) in [7, 11) is 0. The van der Waals surface area contributed by atoms with Gasteiger partial charge in [-0.15, -0.1) is 0 Å². The van der Waals surface area contributed by atoms with Gasteiger partial charge in [0.05, 0.1) is 5.56 Å². The van der Waals surface area contributed by atoms with Gasteiger partial charge in [-0.05, 0) is 25.1 Å². The highest BCUT2D eigenvalue weighted by Gasteiger charge is 2.09. The molecule has 3 aromatic rings. The van der Waals surface area contributed by atoms with E-state index in [0.717, 1.165) is 0 Å². The van der Waals surface area contributed by atoms with Gasteiger partial charge < -0.3 is 5.32 Å². The monoisotopic (exact) mass is 292 g/mol. The summed E-state index contributed by atoms with van der Waals surface area (Å²) in [4.78, 5) is 35.9. The molecule has 1 aromatic carbocycles.